The lowest BCUT2D eigenvalue weighted by Crippen LogP contribution is -2.25. The first kappa shape index (κ1) is 18.7. The van der Waals surface area contributed by atoms with E-state index in [-0.39, 0.29) is 5.91 Å². The summed E-state index contributed by atoms with van der Waals surface area (Å²) in [4.78, 5) is 16.4. The van der Waals surface area contributed by atoms with Crippen molar-refractivity contribution in [2.24, 2.45) is 0 Å². The third kappa shape index (κ3) is 4.55. The van der Waals surface area contributed by atoms with Crippen molar-refractivity contribution in [3.8, 4) is 0 Å². The Bertz CT molecular complexity index is 990. The lowest BCUT2D eigenvalue weighted by molar-refractivity contribution is -0.137. The van der Waals surface area contributed by atoms with Crippen LogP contribution in [0.15, 0.2) is 54.6 Å². The quantitative estimate of drug-likeness (QED) is 0.682. The Balaban J connectivity index is 1.58. The number of hydrogen-bond acceptors (Lipinski definition) is 2. The average Bonchev–Trinajstić information content (AvgIpc) is 2.95. The molecule has 0 unspecified atom stereocenters. The number of amides is 1. The minimum atomic E-state index is -4.41. The number of para-hydroxylation sites is 2. The fourth-order valence-electron chi connectivity index (χ4n) is 2.82. The summed E-state index contributed by atoms with van der Waals surface area (Å²) in [6.45, 7) is 2.83. The highest BCUT2D eigenvalue weighted by atomic mass is 19.4. The molecule has 1 N–H and O–H groups in total. The van der Waals surface area contributed by atoms with E-state index in [1.807, 2.05) is 35.8 Å². The molecule has 4 nitrogen and oxygen atoms in total. The molecule has 1 aromatic heterocycles. The molecule has 3 rings (SSSR count). The van der Waals surface area contributed by atoms with E-state index in [0.29, 0.717) is 18.7 Å². The van der Waals surface area contributed by atoms with Gasteiger partial charge in [0.1, 0.15) is 5.82 Å². The summed E-state index contributed by atoms with van der Waals surface area (Å²) < 4.78 is 40.1. The summed E-state index contributed by atoms with van der Waals surface area (Å²) in [7, 11) is 0. The SMILES string of the molecule is Cc1nc2ccccc2n1CCNC(=O)/C=C/c1cccc(C(F)(F)F)c1. The highest BCUT2D eigenvalue weighted by Gasteiger charge is 2.30. The molecule has 0 atom stereocenters. The van der Waals surface area contributed by atoms with Crippen molar-refractivity contribution in [1.29, 1.82) is 0 Å². The lowest BCUT2D eigenvalue weighted by atomic mass is 10.1. The van der Waals surface area contributed by atoms with Gasteiger partial charge in [0.25, 0.3) is 0 Å². The maximum Gasteiger partial charge on any atom is 0.416 e. The van der Waals surface area contributed by atoms with E-state index in [1.165, 1.54) is 24.3 Å². The molecule has 0 aliphatic rings. The van der Waals surface area contributed by atoms with Crippen LogP contribution in [-0.4, -0.2) is 22.0 Å². The number of alkyl halides is 3. The van der Waals surface area contributed by atoms with E-state index in [0.717, 1.165) is 29.0 Å². The molecule has 0 saturated carbocycles. The van der Waals surface area contributed by atoms with Gasteiger partial charge < -0.3 is 9.88 Å². The number of nitrogens with zero attached hydrogens (tertiary/aromatic N) is 2. The molecule has 0 bridgehead atoms. The second-order valence-corrected chi connectivity index (χ2v) is 6.05. The first-order valence-electron chi connectivity index (χ1n) is 8.39. The highest BCUT2D eigenvalue weighted by molar-refractivity contribution is 5.91. The molecule has 0 spiro atoms. The van der Waals surface area contributed by atoms with E-state index < -0.39 is 11.7 Å². The number of hydrogen-bond donors (Lipinski definition) is 1. The van der Waals surface area contributed by atoms with Crippen molar-refractivity contribution in [3.05, 3.63) is 71.6 Å². The van der Waals surface area contributed by atoms with Crippen LogP contribution in [0.25, 0.3) is 17.1 Å². The number of rotatable bonds is 5. The predicted molar refractivity (Wildman–Crippen MR) is 98.0 cm³/mol. The standard InChI is InChI=1S/C20H18F3N3O/c1-14-25-17-7-2-3-8-18(17)26(14)12-11-24-19(27)10-9-15-5-4-6-16(13-15)20(21,22)23/h2-10,13H,11-12H2,1H3,(H,24,27)/b10-9+. The first-order valence-corrected chi connectivity index (χ1v) is 8.39. The third-order valence-electron chi connectivity index (χ3n) is 4.12. The van der Waals surface area contributed by atoms with Crippen LogP contribution in [0.4, 0.5) is 13.2 Å². The second kappa shape index (κ2) is 7.65. The Labute approximate surface area is 154 Å². The van der Waals surface area contributed by atoms with Crippen LogP contribution >= 0.6 is 0 Å². The number of carbonyl (C=O) groups is 1. The average molecular weight is 373 g/mol. The second-order valence-electron chi connectivity index (χ2n) is 6.05. The van der Waals surface area contributed by atoms with E-state index in [1.54, 1.807) is 0 Å². The number of benzene rings is 2. The van der Waals surface area contributed by atoms with Gasteiger partial charge in [-0.1, -0.05) is 24.3 Å². The van der Waals surface area contributed by atoms with Crippen molar-refractivity contribution in [3.63, 3.8) is 0 Å². The fourth-order valence-corrected chi connectivity index (χ4v) is 2.82. The zero-order valence-electron chi connectivity index (χ0n) is 14.6. The van der Waals surface area contributed by atoms with E-state index >= 15 is 0 Å². The smallest absolute Gasteiger partial charge is 0.351 e. The Morgan fingerprint density at radius 2 is 1.96 bits per heavy atom. The van der Waals surface area contributed by atoms with Gasteiger partial charge in [-0.2, -0.15) is 13.2 Å². The van der Waals surface area contributed by atoms with Gasteiger partial charge in [0.05, 0.1) is 16.6 Å². The van der Waals surface area contributed by atoms with Crippen LogP contribution < -0.4 is 5.32 Å². The molecule has 1 heterocycles. The summed E-state index contributed by atoms with van der Waals surface area (Å²) in [5.41, 5.74) is 1.46. The molecule has 0 aliphatic carbocycles. The van der Waals surface area contributed by atoms with Gasteiger partial charge in [-0.15, -0.1) is 0 Å². The zero-order chi connectivity index (χ0) is 19.4. The highest BCUT2D eigenvalue weighted by Crippen LogP contribution is 2.29. The summed E-state index contributed by atoms with van der Waals surface area (Å²) >= 11 is 0. The van der Waals surface area contributed by atoms with Gasteiger partial charge in [-0.3, -0.25) is 4.79 Å². The maximum atomic E-state index is 12.7. The molecule has 27 heavy (non-hydrogen) atoms. The number of nitrogens with one attached hydrogen (secondary N) is 1. The first-order chi connectivity index (χ1) is 12.8. The predicted octanol–water partition coefficient (Wildman–Crippen LogP) is 4.19. The van der Waals surface area contributed by atoms with Gasteiger partial charge in [0, 0.05) is 19.2 Å². The van der Waals surface area contributed by atoms with Crippen molar-refractivity contribution in [2.75, 3.05) is 6.54 Å². The minimum Gasteiger partial charge on any atom is -0.351 e. The molecule has 140 valence electrons. The Kier molecular flexibility index (Phi) is 5.30. The molecule has 3 aromatic rings. The summed E-state index contributed by atoms with van der Waals surface area (Å²) in [6.07, 6.45) is -1.81. The monoisotopic (exact) mass is 373 g/mol. The van der Waals surface area contributed by atoms with Crippen LogP contribution in [0.3, 0.4) is 0 Å². The van der Waals surface area contributed by atoms with Crippen LogP contribution in [0.5, 0.6) is 0 Å². The molecule has 2 aromatic carbocycles. The molecule has 0 fully saturated rings. The fraction of sp³-hybridized carbons (Fsp3) is 0.200. The molecule has 0 saturated heterocycles. The van der Waals surface area contributed by atoms with Gasteiger partial charge >= 0.3 is 6.18 Å². The number of halogens is 3. The van der Waals surface area contributed by atoms with Gasteiger partial charge in [-0.05, 0) is 42.8 Å². The van der Waals surface area contributed by atoms with Crippen molar-refractivity contribution >= 4 is 23.0 Å². The summed E-state index contributed by atoms with van der Waals surface area (Å²) in [6, 6.07) is 12.6. The molecule has 0 radical (unpaired) electrons. The van der Waals surface area contributed by atoms with Crippen LogP contribution in [-0.2, 0) is 17.5 Å². The van der Waals surface area contributed by atoms with Crippen LogP contribution in [0.1, 0.15) is 17.0 Å². The summed E-state index contributed by atoms with van der Waals surface area (Å²) in [5.74, 6) is 0.486. The molecule has 7 heteroatoms. The van der Waals surface area contributed by atoms with Crippen molar-refractivity contribution in [2.45, 2.75) is 19.6 Å². The molecule has 1 amide bonds. The van der Waals surface area contributed by atoms with Crippen LogP contribution in [0, 0.1) is 6.92 Å². The summed E-state index contributed by atoms with van der Waals surface area (Å²) in [5, 5.41) is 2.73. The van der Waals surface area contributed by atoms with Crippen molar-refractivity contribution in [1.82, 2.24) is 14.9 Å². The third-order valence-corrected chi connectivity index (χ3v) is 4.12. The Hall–Kier alpha value is -3.09. The number of imidazole rings is 1. The topological polar surface area (TPSA) is 46.9 Å². The molecule has 0 aliphatic heterocycles. The normalized spacial score (nSPS) is 12.0. The zero-order valence-corrected chi connectivity index (χ0v) is 14.6. The van der Waals surface area contributed by atoms with E-state index in [2.05, 4.69) is 10.3 Å². The molecular weight excluding hydrogens is 355 g/mol. The number of carbonyl (C=O) groups excluding carboxylic acids is 1. The van der Waals surface area contributed by atoms with Crippen LogP contribution in [0.2, 0.25) is 0 Å². The van der Waals surface area contributed by atoms with Gasteiger partial charge in [0.15, 0.2) is 0 Å². The minimum absolute atomic E-state index is 0.316. The Morgan fingerprint density at radius 3 is 2.74 bits per heavy atom. The van der Waals surface area contributed by atoms with E-state index in [9.17, 15) is 18.0 Å². The number of fused-ring (bicyclic) bond motifs is 1. The maximum absolute atomic E-state index is 12.7. The largest absolute Gasteiger partial charge is 0.416 e. The lowest BCUT2D eigenvalue weighted by Gasteiger charge is -2.08. The van der Waals surface area contributed by atoms with Gasteiger partial charge in [0.2, 0.25) is 5.91 Å². The van der Waals surface area contributed by atoms with Crippen molar-refractivity contribution < 1.29 is 18.0 Å². The number of aromatic nitrogens is 2. The Morgan fingerprint density at radius 1 is 1.19 bits per heavy atom. The number of aryl methyl sites for hydroxylation is 1. The van der Waals surface area contributed by atoms with Gasteiger partial charge in [-0.25, -0.2) is 4.98 Å². The molecular formula is C20H18F3N3O. The van der Waals surface area contributed by atoms with E-state index in [4.69, 9.17) is 0 Å².